The third kappa shape index (κ3) is 2.73. The van der Waals surface area contributed by atoms with Crippen molar-refractivity contribution < 1.29 is 13.7 Å². The Bertz CT molecular complexity index is 776. The third-order valence-electron chi connectivity index (χ3n) is 5.23. The Balaban J connectivity index is 1.52. The Hall–Kier alpha value is -2.24. The molecule has 0 radical (unpaired) electrons. The quantitative estimate of drug-likeness (QED) is 0.848. The van der Waals surface area contributed by atoms with E-state index in [1.807, 2.05) is 32.0 Å². The standard InChI is InChI=1S/C19H22FN3O2/c1-12(2)17-21-16(22-25-17)15-9-6-10-23(15)18(24)14-11-19(14,20)13-7-4-3-5-8-13/h3-5,7-8,12,14-15H,6,9-11H2,1-2H3/t14-,15+,19-/m1/s1. The van der Waals surface area contributed by atoms with Crippen molar-refractivity contribution in [3.05, 3.63) is 47.6 Å². The number of aromatic nitrogens is 2. The van der Waals surface area contributed by atoms with Crippen molar-refractivity contribution in [3.8, 4) is 0 Å². The number of carbonyl (C=O) groups excluding carboxylic acids is 1. The number of nitrogens with zero attached hydrogens (tertiary/aromatic N) is 3. The zero-order valence-corrected chi connectivity index (χ0v) is 14.5. The molecule has 132 valence electrons. The summed E-state index contributed by atoms with van der Waals surface area (Å²) in [6.07, 6.45) is 1.92. The number of halogens is 1. The van der Waals surface area contributed by atoms with Gasteiger partial charge in [-0.25, -0.2) is 4.39 Å². The van der Waals surface area contributed by atoms with E-state index in [0.29, 0.717) is 23.8 Å². The molecule has 1 aromatic carbocycles. The Labute approximate surface area is 146 Å². The van der Waals surface area contributed by atoms with Gasteiger partial charge in [0.25, 0.3) is 0 Å². The second-order valence-electron chi connectivity index (χ2n) is 7.32. The number of amides is 1. The number of hydrogen-bond acceptors (Lipinski definition) is 4. The van der Waals surface area contributed by atoms with Gasteiger partial charge >= 0.3 is 0 Å². The molecule has 5 nitrogen and oxygen atoms in total. The second kappa shape index (κ2) is 5.93. The maximum Gasteiger partial charge on any atom is 0.230 e. The van der Waals surface area contributed by atoms with Crippen LogP contribution in [0.3, 0.4) is 0 Å². The number of hydrogen-bond donors (Lipinski definition) is 0. The number of rotatable bonds is 4. The Morgan fingerprint density at radius 2 is 2.12 bits per heavy atom. The minimum absolute atomic E-state index is 0.134. The van der Waals surface area contributed by atoms with Crippen molar-refractivity contribution >= 4 is 5.91 Å². The lowest BCUT2D eigenvalue weighted by Gasteiger charge is -2.23. The third-order valence-corrected chi connectivity index (χ3v) is 5.23. The molecule has 1 saturated carbocycles. The largest absolute Gasteiger partial charge is 0.339 e. The predicted molar refractivity (Wildman–Crippen MR) is 89.4 cm³/mol. The molecule has 0 bridgehead atoms. The smallest absolute Gasteiger partial charge is 0.230 e. The highest BCUT2D eigenvalue weighted by atomic mass is 19.1. The highest BCUT2D eigenvalue weighted by Crippen LogP contribution is 2.57. The Morgan fingerprint density at radius 3 is 2.80 bits per heavy atom. The summed E-state index contributed by atoms with van der Waals surface area (Å²) in [5.41, 5.74) is -0.947. The van der Waals surface area contributed by atoms with E-state index in [1.165, 1.54) is 0 Å². The molecule has 1 aromatic heterocycles. The molecule has 1 aliphatic carbocycles. The molecule has 1 saturated heterocycles. The van der Waals surface area contributed by atoms with E-state index in [0.717, 1.165) is 12.8 Å². The molecule has 3 atom stereocenters. The van der Waals surface area contributed by atoms with Crippen LogP contribution in [-0.2, 0) is 10.5 Å². The van der Waals surface area contributed by atoms with E-state index < -0.39 is 11.6 Å². The first kappa shape index (κ1) is 16.2. The first-order valence-electron chi connectivity index (χ1n) is 8.89. The molecule has 0 N–H and O–H groups in total. The van der Waals surface area contributed by atoms with Crippen LogP contribution in [-0.4, -0.2) is 27.5 Å². The normalized spacial score (nSPS) is 28.6. The van der Waals surface area contributed by atoms with Crippen LogP contribution in [0.15, 0.2) is 34.9 Å². The summed E-state index contributed by atoms with van der Waals surface area (Å²) in [5, 5.41) is 4.05. The summed E-state index contributed by atoms with van der Waals surface area (Å²) in [7, 11) is 0. The molecule has 0 spiro atoms. The molecule has 2 aliphatic rings. The molecule has 4 rings (SSSR count). The molecule has 6 heteroatoms. The Kier molecular flexibility index (Phi) is 3.85. The van der Waals surface area contributed by atoms with Gasteiger partial charge in [0.1, 0.15) is 5.67 Å². The van der Waals surface area contributed by atoms with Crippen LogP contribution >= 0.6 is 0 Å². The van der Waals surface area contributed by atoms with E-state index in [1.54, 1.807) is 17.0 Å². The van der Waals surface area contributed by atoms with E-state index in [9.17, 15) is 4.79 Å². The molecule has 2 aromatic rings. The lowest BCUT2D eigenvalue weighted by molar-refractivity contribution is -0.134. The number of alkyl halides is 1. The highest BCUT2D eigenvalue weighted by Gasteiger charge is 2.62. The van der Waals surface area contributed by atoms with Crippen LogP contribution < -0.4 is 0 Å². The van der Waals surface area contributed by atoms with Crippen LogP contribution in [0.25, 0.3) is 0 Å². The maximum absolute atomic E-state index is 15.1. The fourth-order valence-corrected chi connectivity index (χ4v) is 3.67. The van der Waals surface area contributed by atoms with Crippen LogP contribution in [0.1, 0.15) is 62.3 Å². The molecule has 2 heterocycles. The summed E-state index contributed by atoms with van der Waals surface area (Å²) in [4.78, 5) is 19.1. The summed E-state index contributed by atoms with van der Waals surface area (Å²) >= 11 is 0. The van der Waals surface area contributed by atoms with Crippen molar-refractivity contribution in [2.24, 2.45) is 5.92 Å². The van der Waals surface area contributed by atoms with Gasteiger partial charge in [0.2, 0.25) is 11.8 Å². The lowest BCUT2D eigenvalue weighted by Crippen LogP contribution is -2.34. The number of likely N-dealkylation sites (tertiary alicyclic amines) is 1. The van der Waals surface area contributed by atoms with Gasteiger partial charge in [0.15, 0.2) is 5.82 Å². The summed E-state index contributed by atoms with van der Waals surface area (Å²) < 4.78 is 20.4. The zero-order valence-electron chi connectivity index (χ0n) is 14.5. The first-order chi connectivity index (χ1) is 12.0. The van der Waals surface area contributed by atoms with Crippen molar-refractivity contribution in [3.63, 3.8) is 0 Å². The van der Waals surface area contributed by atoms with Gasteiger partial charge in [-0.1, -0.05) is 49.3 Å². The average molecular weight is 343 g/mol. The molecular weight excluding hydrogens is 321 g/mol. The van der Waals surface area contributed by atoms with E-state index >= 15 is 4.39 Å². The van der Waals surface area contributed by atoms with E-state index in [2.05, 4.69) is 10.1 Å². The summed E-state index contributed by atoms with van der Waals surface area (Å²) in [5.74, 6) is 0.521. The molecule has 25 heavy (non-hydrogen) atoms. The first-order valence-corrected chi connectivity index (χ1v) is 8.89. The van der Waals surface area contributed by atoms with Gasteiger partial charge in [0, 0.05) is 18.9 Å². The van der Waals surface area contributed by atoms with Crippen molar-refractivity contribution in [2.45, 2.75) is 50.7 Å². The molecule has 2 fully saturated rings. The average Bonchev–Trinajstić information content (AvgIpc) is 3.01. The summed E-state index contributed by atoms with van der Waals surface area (Å²) in [6, 6.07) is 8.77. The van der Waals surface area contributed by atoms with Gasteiger partial charge < -0.3 is 9.42 Å². The topological polar surface area (TPSA) is 59.2 Å². The predicted octanol–water partition coefficient (Wildman–Crippen LogP) is 3.74. The molecule has 1 aliphatic heterocycles. The SMILES string of the molecule is CC(C)c1nc([C@@H]2CCCN2C(=O)[C@H]2C[C@@]2(F)c2ccccc2)no1. The lowest BCUT2D eigenvalue weighted by atomic mass is 10.1. The molecular formula is C19H22FN3O2. The zero-order chi connectivity index (χ0) is 17.6. The number of carbonyl (C=O) groups is 1. The van der Waals surface area contributed by atoms with Gasteiger partial charge in [-0.15, -0.1) is 0 Å². The number of benzene rings is 1. The van der Waals surface area contributed by atoms with Crippen LogP contribution in [0.5, 0.6) is 0 Å². The van der Waals surface area contributed by atoms with Crippen molar-refractivity contribution in [2.75, 3.05) is 6.54 Å². The van der Waals surface area contributed by atoms with Gasteiger partial charge in [0.05, 0.1) is 12.0 Å². The molecule has 1 amide bonds. The van der Waals surface area contributed by atoms with Crippen LogP contribution in [0.2, 0.25) is 0 Å². The minimum Gasteiger partial charge on any atom is -0.339 e. The minimum atomic E-state index is -1.54. The molecule has 0 unspecified atom stereocenters. The van der Waals surface area contributed by atoms with Gasteiger partial charge in [-0.05, 0) is 18.4 Å². The van der Waals surface area contributed by atoms with Gasteiger partial charge in [-0.2, -0.15) is 4.98 Å². The summed E-state index contributed by atoms with van der Waals surface area (Å²) in [6.45, 7) is 4.59. The van der Waals surface area contributed by atoms with E-state index in [-0.39, 0.29) is 24.3 Å². The van der Waals surface area contributed by atoms with Crippen molar-refractivity contribution in [1.82, 2.24) is 15.0 Å². The highest BCUT2D eigenvalue weighted by molar-refractivity contribution is 5.84. The van der Waals surface area contributed by atoms with Crippen LogP contribution in [0.4, 0.5) is 4.39 Å². The monoisotopic (exact) mass is 343 g/mol. The fourth-order valence-electron chi connectivity index (χ4n) is 3.67. The Morgan fingerprint density at radius 1 is 1.36 bits per heavy atom. The van der Waals surface area contributed by atoms with Crippen LogP contribution in [0, 0.1) is 5.92 Å². The van der Waals surface area contributed by atoms with Crippen molar-refractivity contribution in [1.29, 1.82) is 0 Å². The fraction of sp³-hybridized carbons (Fsp3) is 0.526. The second-order valence-corrected chi connectivity index (χ2v) is 7.32. The maximum atomic E-state index is 15.1. The van der Waals surface area contributed by atoms with E-state index in [4.69, 9.17) is 4.52 Å². The van der Waals surface area contributed by atoms with Gasteiger partial charge in [-0.3, -0.25) is 4.79 Å².